The lowest BCUT2D eigenvalue weighted by atomic mass is 9.86. The third-order valence-electron chi connectivity index (χ3n) is 4.61. The van der Waals surface area contributed by atoms with E-state index in [9.17, 15) is 9.59 Å². The van der Waals surface area contributed by atoms with Gasteiger partial charge in [-0.05, 0) is 37.0 Å². The first-order valence-electron chi connectivity index (χ1n) is 8.25. The highest BCUT2D eigenvalue weighted by Gasteiger charge is 2.28. The highest BCUT2D eigenvalue weighted by molar-refractivity contribution is 5.79. The summed E-state index contributed by atoms with van der Waals surface area (Å²) in [5.41, 5.74) is 2.72. The third-order valence-corrected chi connectivity index (χ3v) is 4.61. The minimum absolute atomic E-state index is 0.0693. The van der Waals surface area contributed by atoms with E-state index >= 15 is 0 Å². The second kappa shape index (κ2) is 6.95. The molecule has 24 heavy (non-hydrogen) atoms. The van der Waals surface area contributed by atoms with Crippen LogP contribution >= 0.6 is 0 Å². The zero-order valence-corrected chi connectivity index (χ0v) is 14.1. The summed E-state index contributed by atoms with van der Waals surface area (Å²) in [5, 5.41) is 4.30. The molecule has 0 aromatic carbocycles. The molecule has 2 heterocycles. The highest BCUT2D eigenvalue weighted by atomic mass is 16.2. The summed E-state index contributed by atoms with van der Waals surface area (Å²) in [6.45, 7) is 0.647. The molecule has 2 aromatic rings. The Balaban J connectivity index is 1.63. The molecule has 0 spiro atoms. The molecular formula is C18H22N4O2. The summed E-state index contributed by atoms with van der Waals surface area (Å²) >= 11 is 0. The summed E-state index contributed by atoms with van der Waals surface area (Å²) in [6, 6.07) is 7.43. The zero-order chi connectivity index (χ0) is 17.1. The number of nitrogens with zero attached hydrogens (tertiary/aromatic N) is 4. The topological polar surface area (TPSA) is 68.1 Å². The molecule has 0 radical (unpaired) electrons. The molecule has 1 aliphatic carbocycles. The molecule has 0 bridgehead atoms. The van der Waals surface area contributed by atoms with Gasteiger partial charge in [0.05, 0.1) is 5.69 Å². The van der Waals surface area contributed by atoms with Crippen LogP contribution < -0.4 is 5.56 Å². The highest BCUT2D eigenvalue weighted by Crippen LogP contribution is 2.24. The van der Waals surface area contributed by atoms with Crippen molar-refractivity contribution < 1.29 is 4.79 Å². The number of pyridine rings is 1. The normalized spacial score (nSPS) is 16.5. The first-order valence-corrected chi connectivity index (χ1v) is 8.25. The van der Waals surface area contributed by atoms with Gasteiger partial charge in [0.15, 0.2) is 0 Å². The molecule has 1 amide bonds. The van der Waals surface area contributed by atoms with Crippen molar-refractivity contribution in [3.8, 4) is 0 Å². The Labute approximate surface area is 141 Å². The van der Waals surface area contributed by atoms with Crippen LogP contribution in [0.25, 0.3) is 0 Å². The van der Waals surface area contributed by atoms with Gasteiger partial charge in [-0.2, -0.15) is 5.10 Å². The molecule has 1 atom stereocenters. The molecule has 0 aliphatic heterocycles. The fourth-order valence-electron chi connectivity index (χ4n) is 3.15. The molecule has 6 heteroatoms. The summed E-state index contributed by atoms with van der Waals surface area (Å²) in [4.78, 5) is 30.5. The maximum absolute atomic E-state index is 12.7. The lowest BCUT2D eigenvalue weighted by molar-refractivity contribution is -0.134. The van der Waals surface area contributed by atoms with Crippen molar-refractivity contribution in [2.45, 2.75) is 25.7 Å². The van der Waals surface area contributed by atoms with Crippen LogP contribution in [-0.2, 0) is 31.1 Å². The number of amides is 1. The van der Waals surface area contributed by atoms with Crippen LogP contribution in [0.3, 0.4) is 0 Å². The van der Waals surface area contributed by atoms with Crippen molar-refractivity contribution in [1.29, 1.82) is 0 Å². The number of likely N-dealkylation sites (N-methyl/N-ethyl adjacent to an activating group) is 1. The van der Waals surface area contributed by atoms with Crippen molar-refractivity contribution in [2.75, 3.05) is 13.6 Å². The van der Waals surface area contributed by atoms with E-state index in [4.69, 9.17) is 0 Å². The second-order valence-corrected chi connectivity index (χ2v) is 6.35. The molecule has 1 aliphatic rings. The Morgan fingerprint density at radius 3 is 3.00 bits per heavy atom. The van der Waals surface area contributed by atoms with Gasteiger partial charge in [0.1, 0.15) is 0 Å². The predicted octanol–water partition coefficient (Wildman–Crippen LogP) is 0.981. The fourth-order valence-corrected chi connectivity index (χ4v) is 3.15. The first kappa shape index (κ1) is 16.4. The van der Waals surface area contributed by atoms with Crippen LogP contribution in [0.1, 0.15) is 23.4 Å². The lowest BCUT2D eigenvalue weighted by Gasteiger charge is -2.27. The number of hydrogen-bond donors (Lipinski definition) is 0. The largest absolute Gasteiger partial charge is 0.345 e. The number of aromatic nitrogens is 3. The maximum atomic E-state index is 12.7. The van der Waals surface area contributed by atoms with E-state index in [1.165, 1.54) is 4.68 Å². The van der Waals surface area contributed by atoms with E-state index in [1.54, 1.807) is 24.2 Å². The molecule has 0 saturated heterocycles. The number of carbonyl (C=O) groups is 1. The quantitative estimate of drug-likeness (QED) is 0.840. The van der Waals surface area contributed by atoms with Crippen molar-refractivity contribution in [2.24, 2.45) is 13.0 Å². The first-order chi connectivity index (χ1) is 11.5. The van der Waals surface area contributed by atoms with Gasteiger partial charge < -0.3 is 4.90 Å². The predicted molar refractivity (Wildman–Crippen MR) is 90.6 cm³/mol. The van der Waals surface area contributed by atoms with Crippen molar-refractivity contribution in [3.05, 3.63) is 57.8 Å². The van der Waals surface area contributed by atoms with Crippen LogP contribution in [0.4, 0.5) is 0 Å². The smallest absolute Gasteiger partial charge is 0.266 e. The van der Waals surface area contributed by atoms with Gasteiger partial charge in [0.25, 0.3) is 5.56 Å². The van der Waals surface area contributed by atoms with Gasteiger partial charge >= 0.3 is 0 Å². The van der Waals surface area contributed by atoms with Crippen LogP contribution in [-0.4, -0.2) is 39.2 Å². The Morgan fingerprint density at radius 1 is 1.42 bits per heavy atom. The Kier molecular flexibility index (Phi) is 4.74. The molecule has 6 nitrogen and oxygen atoms in total. The standard InChI is InChI=1S/C18H22N4O2/c1-21(10-8-15-5-3-4-9-19-15)18(24)13-6-7-16-14(11-13)12-17(23)22(2)20-16/h3-5,9,12-13H,6-8,10-11H2,1-2H3. The monoisotopic (exact) mass is 326 g/mol. The number of hydrogen-bond acceptors (Lipinski definition) is 4. The van der Waals surface area contributed by atoms with E-state index in [1.807, 2.05) is 25.2 Å². The van der Waals surface area contributed by atoms with Gasteiger partial charge in [-0.3, -0.25) is 14.6 Å². The summed E-state index contributed by atoms with van der Waals surface area (Å²) in [7, 11) is 3.49. The SMILES string of the molecule is CN(CCc1ccccn1)C(=O)C1CCc2nn(C)c(=O)cc2C1. The van der Waals surface area contributed by atoms with E-state index in [0.717, 1.165) is 36.2 Å². The zero-order valence-electron chi connectivity index (χ0n) is 14.1. The van der Waals surface area contributed by atoms with Gasteiger partial charge in [-0.1, -0.05) is 6.07 Å². The number of carbonyl (C=O) groups excluding carboxylic acids is 1. The Bertz CT molecular complexity index is 785. The molecule has 0 N–H and O–H groups in total. The molecular weight excluding hydrogens is 304 g/mol. The number of fused-ring (bicyclic) bond motifs is 1. The van der Waals surface area contributed by atoms with Crippen LogP contribution in [0.2, 0.25) is 0 Å². The number of rotatable bonds is 4. The summed E-state index contributed by atoms with van der Waals surface area (Å²) < 4.78 is 1.36. The number of aryl methyl sites for hydroxylation is 2. The van der Waals surface area contributed by atoms with Gasteiger partial charge in [0.2, 0.25) is 5.91 Å². The van der Waals surface area contributed by atoms with E-state index < -0.39 is 0 Å². The molecule has 0 saturated carbocycles. The van der Waals surface area contributed by atoms with E-state index in [2.05, 4.69) is 10.1 Å². The Morgan fingerprint density at radius 2 is 2.25 bits per heavy atom. The molecule has 3 rings (SSSR count). The van der Waals surface area contributed by atoms with Gasteiger partial charge in [0, 0.05) is 50.9 Å². The minimum atomic E-state index is -0.120. The second-order valence-electron chi connectivity index (χ2n) is 6.35. The molecule has 1 unspecified atom stereocenters. The van der Waals surface area contributed by atoms with Crippen molar-refractivity contribution in [3.63, 3.8) is 0 Å². The van der Waals surface area contributed by atoms with Crippen LogP contribution in [0, 0.1) is 5.92 Å². The van der Waals surface area contributed by atoms with Crippen molar-refractivity contribution >= 4 is 5.91 Å². The lowest BCUT2D eigenvalue weighted by Crippen LogP contribution is -2.38. The van der Waals surface area contributed by atoms with Crippen LogP contribution in [0.5, 0.6) is 0 Å². The van der Waals surface area contributed by atoms with E-state index in [0.29, 0.717) is 13.0 Å². The van der Waals surface area contributed by atoms with Gasteiger partial charge in [-0.25, -0.2) is 4.68 Å². The average molecular weight is 326 g/mol. The molecule has 126 valence electrons. The summed E-state index contributed by atoms with van der Waals surface area (Å²) in [6.07, 6.45) is 4.64. The molecule has 2 aromatic heterocycles. The summed E-state index contributed by atoms with van der Waals surface area (Å²) in [5.74, 6) is 0.0670. The average Bonchev–Trinajstić information content (AvgIpc) is 2.60. The Hall–Kier alpha value is -2.50. The molecule has 0 fully saturated rings. The maximum Gasteiger partial charge on any atom is 0.266 e. The van der Waals surface area contributed by atoms with Crippen molar-refractivity contribution in [1.82, 2.24) is 19.7 Å². The van der Waals surface area contributed by atoms with Crippen LogP contribution in [0.15, 0.2) is 35.3 Å². The third kappa shape index (κ3) is 3.53. The van der Waals surface area contributed by atoms with E-state index in [-0.39, 0.29) is 17.4 Å². The van der Waals surface area contributed by atoms with Gasteiger partial charge in [-0.15, -0.1) is 0 Å². The fraction of sp³-hybridized carbons (Fsp3) is 0.444. The minimum Gasteiger partial charge on any atom is -0.345 e.